The molecule has 0 aromatic heterocycles. The minimum Gasteiger partial charge on any atom is -0.497 e. The van der Waals surface area contributed by atoms with Crippen LogP contribution >= 0.6 is 0 Å². The molecule has 0 aliphatic rings. The Morgan fingerprint density at radius 2 is 0.792 bits per heavy atom. The van der Waals surface area contributed by atoms with Crippen LogP contribution in [0.1, 0.15) is 23.2 Å². The van der Waals surface area contributed by atoms with Gasteiger partial charge < -0.3 is 30.4 Å². The minimum absolute atomic E-state index is 0.453. The first-order valence-corrected chi connectivity index (χ1v) is 7.49. The Labute approximate surface area is 142 Å². The summed E-state index contributed by atoms with van der Waals surface area (Å²) in [6, 6.07) is 10.1. The highest BCUT2D eigenvalue weighted by Crippen LogP contribution is 2.33. The van der Waals surface area contributed by atoms with Crippen LogP contribution in [0, 0.1) is 0 Å². The Morgan fingerprint density at radius 3 is 1.00 bits per heavy atom. The molecule has 6 heteroatoms. The largest absolute Gasteiger partial charge is 0.497 e. The van der Waals surface area contributed by atoms with Crippen LogP contribution in [0.25, 0.3) is 0 Å². The molecule has 24 heavy (non-hydrogen) atoms. The summed E-state index contributed by atoms with van der Waals surface area (Å²) in [5.74, 6) is 2.65. The smallest absolute Gasteiger partial charge is 0.122 e. The molecule has 0 spiro atoms. The van der Waals surface area contributed by atoms with Crippen molar-refractivity contribution < 1.29 is 18.9 Å². The minimum atomic E-state index is -0.453. The van der Waals surface area contributed by atoms with Gasteiger partial charge >= 0.3 is 0 Å². The maximum Gasteiger partial charge on any atom is 0.122 e. The molecule has 0 heterocycles. The van der Waals surface area contributed by atoms with Gasteiger partial charge in [0.05, 0.1) is 28.4 Å². The molecule has 0 unspecified atom stereocenters. The van der Waals surface area contributed by atoms with Gasteiger partial charge in [0.25, 0.3) is 0 Å². The zero-order chi connectivity index (χ0) is 17.7. The molecular weight excluding hydrogens is 308 g/mol. The first-order valence-electron chi connectivity index (χ1n) is 7.49. The fraction of sp³-hybridized carbons (Fsp3) is 0.333. The monoisotopic (exact) mass is 332 g/mol. The summed E-state index contributed by atoms with van der Waals surface area (Å²) in [6.07, 6.45) is 0. The molecular formula is C18H24N2O4. The van der Waals surface area contributed by atoms with Crippen LogP contribution in [0.3, 0.4) is 0 Å². The fourth-order valence-corrected chi connectivity index (χ4v) is 2.46. The van der Waals surface area contributed by atoms with E-state index in [1.54, 1.807) is 40.6 Å². The Hall–Kier alpha value is -2.44. The summed E-state index contributed by atoms with van der Waals surface area (Å²) in [5.41, 5.74) is 14.4. The van der Waals surface area contributed by atoms with Crippen molar-refractivity contribution >= 4 is 0 Å². The van der Waals surface area contributed by atoms with Crippen molar-refractivity contribution in [3.63, 3.8) is 0 Å². The summed E-state index contributed by atoms with van der Waals surface area (Å²) in [7, 11) is 6.38. The van der Waals surface area contributed by atoms with E-state index < -0.39 is 12.1 Å². The third kappa shape index (κ3) is 3.90. The Bertz CT molecular complexity index is 587. The average Bonchev–Trinajstić information content (AvgIpc) is 2.65. The Kier molecular flexibility index (Phi) is 5.89. The van der Waals surface area contributed by atoms with Crippen LogP contribution in [-0.2, 0) is 0 Å². The van der Waals surface area contributed by atoms with E-state index >= 15 is 0 Å². The second-order valence-electron chi connectivity index (χ2n) is 5.34. The highest BCUT2D eigenvalue weighted by Gasteiger charge is 2.20. The number of ether oxygens (including phenoxy) is 4. The third-order valence-corrected chi connectivity index (χ3v) is 3.90. The maximum atomic E-state index is 6.38. The van der Waals surface area contributed by atoms with Crippen molar-refractivity contribution in [1.82, 2.24) is 0 Å². The molecule has 0 radical (unpaired) electrons. The van der Waals surface area contributed by atoms with E-state index in [0.717, 1.165) is 11.1 Å². The van der Waals surface area contributed by atoms with Gasteiger partial charge in [-0.1, -0.05) is 0 Å². The zero-order valence-electron chi connectivity index (χ0n) is 14.4. The molecule has 0 aliphatic carbocycles. The van der Waals surface area contributed by atoms with Crippen LogP contribution in [0.5, 0.6) is 23.0 Å². The van der Waals surface area contributed by atoms with Crippen LogP contribution in [-0.4, -0.2) is 28.4 Å². The SMILES string of the molecule is COc1cc(OC)cc([C@H](N)[C@@H](N)c2cc(OC)cc(OC)c2)c1. The Balaban J connectivity index is 2.37. The van der Waals surface area contributed by atoms with Crippen LogP contribution < -0.4 is 30.4 Å². The summed E-state index contributed by atoms with van der Waals surface area (Å²) in [4.78, 5) is 0. The molecule has 0 amide bonds. The lowest BCUT2D eigenvalue weighted by Gasteiger charge is -2.22. The first kappa shape index (κ1) is 17.9. The summed E-state index contributed by atoms with van der Waals surface area (Å²) >= 11 is 0. The highest BCUT2D eigenvalue weighted by molar-refractivity contribution is 5.43. The molecule has 0 saturated carbocycles. The maximum absolute atomic E-state index is 6.38. The molecule has 4 N–H and O–H groups in total. The first-order chi connectivity index (χ1) is 11.5. The number of rotatable bonds is 7. The topological polar surface area (TPSA) is 89.0 Å². The van der Waals surface area contributed by atoms with Gasteiger partial charge in [0, 0.05) is 24.2 Å². The van der Waals surface area contributed by atoms with Crippen molar-refractivity contribution in [1.29, 1.82) is 0 Å². The molecule has 2 aromatic rings. The van der Waals surface area contributed by atoms with Gasteiger partial charge in [0.15, 0.2) is 0 Å². The van der Waals surface area contributed by atoms with E-state index in [4.69, 9.17) is 30.4 Å². The second kappa shape index (κ2) is 7.90. The van der Waals surface area contributed by atoms with Gasteiger partial charge in [-0.05, 0) is 35.4 Å². The van der Waals surface area contributed by atoms with Crippen molar-refractivity contribution in [2.75, 3.05) is 28.4 Å². The summed E-state index contributed by atoms with van der Waals surface area (Å²) in [5, 5.41) is 0. The second-order valence-corrected chi connectivity index (χ2v) is 5.34. The molecule has 0 aliphatic heterocycles. The lowest BCUT2D eigenvalue weighted by molar-refractivity contribution is 0.389. The molecule has 2 atom stereocenters. The van der Waals surface area contributed by atoms with E-state index in [2.05, 4.69) is 0 Å². The zero-order valence-corrected chi connectivity index (χ0v) is 14.4. The van der Waals surface area contributed by atoms with Gasteiger partial charge in [-0.25, -0.2) is 0 Å². The lowest BCUT2D eigenvalue weighted by atomic mass is 9.94. The highest BCUT2D eigenvalue weighted by atomic mass is 16.5. The number of hydrogen-bond donors (Lipinski definition) is 2. The predicted molar refractivity (Wildman–Crippen MR) is 92.9 cm³/mol. The van der Waals surface area contributed by atoms with Crippen LogP contribution in [0.4, 0.5) is 0 Å². The lowest BCUT2D eigenvalue weighted by Crippen LogP contribution is -2.26. The fourth-order valence-electron chi connectivity index (χ4n) is 2.46. The van der Waals surface area contributed by atoms with Gasteiger partial charge in [-0.15, -0.1) is 0 Å². The quantitative estimate of drug-likeness (QED) is 0.809. The van der Waals surface area contributed by atoms with Crippen molar-refractivity contribution in [3.8, 4) is 23.0 Å². The number of benzene rings is 2. The van der Waals surface area contributed by atoms with E-state index in [-0.39, 0.29) is 0 Å². The number of hydrogen-bond acceptors (Lipinski definition) is 6. The molecule has 2 aromatic carbocycles. The summed E-state index contributed by atoms with van der Waals surface area (Å²) < 4.78 is 21.2. The summed E-state index contributed by atoms with van der Waals surface area (Å²) in [6.45, 7) is 0. The van der Waals surface area contributed by atoms with Gasteiger partial charge in [0.2, 0.25) is 0 Å². The normalized spacial score (nSPS) is 13.1. The average molecular weight is 332 g/mol. The molecule has 0 bridgehead atoms. The molecule has 6 nitrogen and oxygen atoms in total. The third-order valence-electron chi connectivity index (χ3n) is 3.90. The molecule has 0 saturated heterocycles. The van der Waals surface area contributed by atoms with Gasteiger partial charge in [-0.2, -0.15) is 0 Å². The van der Waals surface area contributed by atoms with Crippen LogP contribution in [0.2, 0.25) is 0 Å². The van der Waals surface area contributed by atoms with Gasteiger partial charge in [0.1, 0.15) is 23.0 Å². The van der Waals surface area contributed by atoms with Crippen molar-refractivity contribution in [2.24, 2.45) is 11.5 Å². The van der Waals surface area contributed by atoms with Gasteiger partial charge in [-0.3, -0.25) is 0 Å². The van der Waals surface area contributed by atoms with Crippen molar-refractivity contribution in [3.05, 3.63) is 47.5 Å². The van der Waals surface area contributed by atoms with E-state index in [1.807, 2.05) is 24.3 Å². The van der Waals surface area contributed by atoms with Crippen molar-refractivity contribution in [2.45, 2.75) is 12.1 Å². The number of methoxy groups -OCH3 is 4. The predicted octanol–water partition coefficient (Wildman–Crippen LogP) is 2.42. The molecule has 130 valence electrons. The van der Waals surface area contributed by atoms with E-state index in [1.165, 1.54) is 0 Å². The molecule has 2 rings (SSSR count). The standard InChI is InChI=1S/C18H24N2O4/c1-21-13-5-11(6-14(9-13)22-2)17(19)18(20)12-7-15(23-3)10-16(8-12)24-4/h5-10,17-18H,19-20H2,1-4H3/t17-,18-/m0/s1. The van der Waals surface area contributed by atoms with E-state index in [0.29, 0.717) is 23.0 Å². The molecule has 0 fully saturated rings. The number of nitrogens with two attached hydrogens (primary N) is 2. The van der Waals surface area contributed by atoms with Crippen LogP contribution in [0.15, 0.2) is 36.4 Å². The van der Waals surface area contributed by atoms with E-state index in [9.17, 15) is 0 Å². The Morgan fingerprint density at radius 1 is 0.542 bits per heavy atom.